The van der Waals surface area contributed by atoms with Crippen LogP contribution in [0.3, 0.4) is 0 Å². The molecule has 160 valence electrons. The summed E-state index contributed by atoms with van der Waals surface area (Å²) in [4.78, 5) is 40.5. The Hall–Kier alpha value is -3.75. The lowest BCUT2D eigenvalue weighted by molar-refractivity contribution is -0.116. The minimum atomic E-state index is -0.190. The number of nitrogens with one attached hydrogen (secondary N) is 2. The van der Waals surface area contributed by atoms with Crippen LogP contribution in [0.1, 0.15) is 29.9 Å². The summed E-state index contributed by atoms with van der Waals surface area (Å²) < 4.78 is 4.04. The van der Waals surface area contributed by atoms with Gasteiger partial charge in [-0.2, -0.15) is 0 Å². The second-order valence-electron chi connectivity index (χ2n) is 7.49. The summed E-state index contributed by atoms with van der Waals surface area (Å²) in [6, 6.07) is 7.81. The normalized spacial score (nSPS) is 11.2. The molecule has 0 fully saturated rings. The van der Waals surface area contributed by atoms with Gasteiger partial charge in [0.15, 0.2) is 0 Å². The molecule has 2 N–H and O–H groups in total. The van der Waals surface area contributed by atoms with Crippen molar-refractivity contribution < 1.29 is 4.79 Å². The van der Waals surface area contributed by atoms with E-state index in [2.05, 4.69) is 25.3 Å². The highest BCUT2D eigenvalue weighted by Crippen LogP contribution is 2.20. The molecule has 31 heavy (non-hydrogen) atoms. The molecule has 1 aromatic carbocycles. The van der Waals surface area contributed by atoms with Crippen molar-refractivity contribution in [2.24, 2.45) is 0 Å². The Kier molecular flexibility index (Phi) is 5.92. The number of hydrogen-bond donors (Lipinski definition) is 2. The number of nitrogens with zero attached hydrogens (tertiary/aromatic N) is 5. The zero-order chi connectivity index (χ0) is 21.8. The molecule has 1 amide bonds. The number of aromatic nitrogens is 6. The number of benzene rings is 1. The van der Waals surface area contributed by atoms with Crippen molar-refractivity contribution in [3.05, 3.63) is 70.4 Å². The Morgan fingerprint density at radius 1 is 1.16 bits per heavy atom. The van der Waals surface area contributed by atoms with Gasteiger partial charge in [0, 0.05) is 43.2 Å². The van der Waals surface area contributed by atoms with Crippen LogP contribution in [-0.2, 0) is 24.3 Å². The molecule has 0 spiro atoms. The minimum Gasteiger partial charge on any atom is -0.337 e. The average molecular weight is 419 g/mol. The van der Waals surface area contributed by atoms with E-state index in [1.165, 1.54) is 0 Å². The van der Waals surface area contributed by atoms with Crippen LogP contribution in [0.25, 0.3) is 11.0 Å². The molecule has 3 aromatic heterocycles. The van der Waals surface area contributed by atoms with Gasteiger partial charge in [-0.15, -0.1) is 0 Å². The van der Waals surface area contributed by atoms with Crippen molar-refractivity contribution in [1.29, 1.82) is 0 Å². The highest BCUT2D eigenvalue weighted by Gasteiger charge is 2.15. The molecule has 0 atom stereocenters. The van der Waals surface area contributed by atoms with Crippen molar-refractivity contribution in [3.63, 3.8) is 0 Å². The third-order valence-corrected chi connectivity index (χ3v) is 5.21. The van der Waals surface area contributed by atoms with Crippen molar-refractivity contribution >= 4 is 22.9 Å². The molecule has 9 nitrogen and oxygen atoms in total. The molecule has 0 saturated heterocycles. The molecule has 0 aliphatic heterocycles. The summed E-state index contributed by atoms with van der Waals surface area (Å²) in [6.07, 6.45) is 6.84. The number of H-pyrrole nitrogens is 1. The van der Waals surface area contributed by atoms with E-state index in [-0.39, 0.29) is 17.9 Å². The average Bonchev–Trinajstić information content (AvgIpc) is 3.35. The maximum Gasteiger partial charge on any atom is 0.254 e. The quantitative estimate of drug-likeness (QED) is 0.456. The van der Waals surface area contributed by atoms with E-state index in [4.69, 9.17) is 0 Å². The SMILES string of the molecule is Cc1nc(C)c(CCC(=O)Nc2nc3ccccc3n2CCCn2ccnc2)c(=O)[nH]1. The zero-order valence-corrected chi connectivity index (χ0v) is 17.6. The van der Waals surface area contributed by atoms with Crippen LogP contribution in [-0.4, -0.2) is 35.0 Å². The number of hydrogen-bond acceptors (Lipinski definition) is 5. The van der Waals surface area contributed by atoms with Gasteiger partial charge in [0.2, 0.25) is 11.9 Å². The smallest absolute Gasteiger partial charge is 0.254 e. The first-order valence-corrected chi connectivity index (χ1v) is 10.3. The van der Waals surface area contributed by atoms with Crippen LogP contribution < -0.4 is 10.9 Å². The lowest BCUT2D eigenvalue weighted by Crippen LogP contribution is -2.21. The van der Waals surface area contributed by atoms with Crippen LogP contribution in [0.2, 0.25) is 0 Å². The molecule has 0 aliphatic carbocycles. The van der Waals surface area contributed by atoms with Gasteiger partial charge in [0.1, 0.15) is 5.82 Å². The van der Waals surface area contributed by atoms with Crippen LogP contribution in [0.5, 0.6) is 0 Å². The number of fused-ring (bicyclic) bond motifs is 1. The topological polar surface area (TPSA) is 110 Å². The summed E-state index contributed by atoms with van der Waals surface area (Å²) in [5, 5.41) is 2.93. The Labute approximate surface area is 179 Å². The lowest BCUT2D eigenvalue weighted by atomic mass is 10.1. The monoisotopic (exact) mass is 419 g/mol. The Morgan fingerprint density at radius 3 is 2.77 bits per heavy atom. The van der Waals surface area contributed by atoms with E-state index in [0.717, 1.165) is 24.0 Å². The van der Waals surface area contributed by atoms with Crippen molar-refractivity contribution in [1.82, 2.24) is 29.1 Å². The first-order chi connectivity index (χ1) is 15.0. The number of imidazole rings is 2. The number of amides is 1. The highest BCUT2D eigenvalue weighted by molar-refractivity contribution is 5.91. The number of aromatic amines is 1. The third-order valence-electron chi connectivity index (χ3n) is 5.21. The van der Waals surface area contributed by atoms with Crippen LogP contribution in [0.15, 0.2) is 47.8 Å². The first kappa shape index (κ1) is 20.5. The molecular weight excluding hydrogens is 394 g/mol. The minimum absolute atomic E-state index is 0.174. The molecule has 3 heterocycles. The molecule has 4 aromatic rings. The standard InChI is InChI=1S/C22H25N7O2/c1-15-17(21(31)25-16(2)24-15)8-9-20(30)27-22-26-18-6-3-4-7-19(18)29(22)12-5-11-28-13-10-23-14-28/h3-4,6-7,10,13-14H,5,8-9,11-12H2,1-2H3,(H,24,25,31)(H,26,27,30). The second-order valence-corrected chi connectivity index (χ2v) is 7.49. The van der Waals surface area contributed by atoms with Crippen molar-refractivity contribution in [3.8, 4) is 0 Å². The number of para-hydroxylation sites is 2. The van der Waals surface area contributed by atoms with Crippen LogP contribution >= 0.6 is 0 Å². The Morgan fingerprint density at radius 2 is 2.00 bits per heavy atom. The summed E-state index contributed by atoms with van der Waals surface area (Å²) in [7, 11) is 0. The molecule has 0 bridgehead atoms. The van der Waals surface area contributed by atoms with Gasteiger partial charge in [-0.1, -0.05) is 12.1 Å². The summed E-state index contributed by atoms with van der Waals surface area (Å²) in [5.41, 5.74) is 2.80. The molecular formula is C22H25N7O2. The van der Waals surface area contributed by atoms with E-state index in [1.54, 1.807) is 26.4 Å². The summed E-state index contributed by atoms with van der Waals surface area (Å²) in [5.74, 6) is 0.898. The van der Waals surface area contributed by atoms with Gasteiger partial charge in [-0.05, 0) is 38.8 Å². The van der Waals surface area contributed by atoms with Crippen LogP contribution in [0.4, 0.5) is 5.95 Å². The molecule has 9 heteroatoms. The largest absolute Gasteiger partial charge is 0.337 e. The van der Waals surface area contributed by atoms with Crippen molar-refractivity contribution in [2.45, 2.75) is 46.2 Å². The number of carbonyl (C=O) groups is 1. The van der Waals surface area contributed by atoms with E-state index < -0.39 is 0 Å². The van der Waals surface area contributed by atoms with E-state index in [0.29, 0.717) is 36.0 Å². The molecule has 0 saturated carbocycles. The lowest BCUT2D eigenvalue weighted by Gasteiger charge is -2.11. The fourth-order valence-corrected chi connectivity index (χ4v) is 3.70. The zero-order valence-electron chi connectivity index (χ0n) is 17.6. The third kappa shape index (κ3) is 4.71. The van der Waals surface area contributed by atoms with Gasteiger partial charge in [-0.3, -0.25) is 14.9 Å². The van der Waals surface area contributed by atoms with Gasteiger partial charge in [0.25, 0.3) is 5.56 Å². The van der Waals surface area contributed by atoms with E-state index >= 15 is 0 Å². The van der Waals surface area contributed by atoms with Crippen LogP contribution in [0, 0.1) is 13.8 Å². The summed E-state index contributed by atoms with van der Waals surface area (Å²) in [6.45, 7) is 5.05. The fraction of sp³-hybridized carbons (Fsp3) is 0.318. The van der Waals surface area contributed by atoms with Gasteiger partial charge in [-0.25, -0.2) is 15.0 Å². The molecule has 0 aliphatic rings. The maximum absolute atomic E-state index is 12.7. The number of rotatable bonds is 8. The second kappa shape index (κ2) is 8.95. The Balaban J connectivity index is 1.47. The van der Waals surface area contributed by atoms with E-state index in [1.807, 2.05) is 39.6 Å². The molecule has 0 radical (unpaired) electrons. The molecule has 4 rings (SSSR count). The van der Waals surface area contributed by atoms with Gasteiger partial charge < -0.3 is 14.1 Å². The molecule has 0 unspecified atom stereocenters. The van der Waals surface area contributed by atoms with Gasteiger partial charge in [0.05, 0.1) is 17.4 Å². The highest BCUT2D eigenvalue weighted by atomic mass is 16.1. The number of carbonyl (C=O) groups excluding carboxylic acids is 1. The Bertz CT molecular complexity index is 1250. The van der Waals surface area contributed by atoms with Crippen molar-refractivity contribution in [2.75, 3.05) is 5.32 Å². The fourth-order valence-electron chi connectivity index (χ4n) is 3.70. The van der Waals surface area contributed by atoms with Gasteiger partial charge >= 0.3 is 0 Å². The number of anilines is 1. The maximum atomic E-state index is 12.7. The summed E-state index contributed by atoms with van der Waals surface area (Å²) >= 11 is 0. The number of aryl methyl sites for hydroxylation is 4. The first-order valence-electron chi connectivity index (χ1n) is 10.3. The predicted molar refractivity (Wildman–Crippen MR) is 118 cm³/mol. The van der Waals surface area contributed by atoms with E-state index in [9.17, 15) is 9.59 Å². The predicted octanol–water partition coefficient (Wildman–Crippen LogP) is 2.59.